The van der Waals surface area contributed by atoms with Crippen LogP contribution in [0.25, 0.3) is 0 Å². The summed E-state index contributed by atoms with van der Waals surface area (Å²) < 4.78 is 0. The van der Waals surface area contributed by atoms with Gasteiger partial charge in [0.1, 0.15) is 0 Å². The first-order valence-corrected chi connectivity index (χ1v) is 3.85. The minimum atomic E-state index is -0.363. The standard InChI is InChI=1S/C8H16O/c1-7-5-3-4-6-8(7,2)9/h7,9H,3-6H2,1-2H3/t7-,8+/m1/s1. The van der Waals surface area contributed by atoms with Gasteiger partial charge in [-0.15, -0.1) is 0 Å². The molecule has 1 rings (SSSR count). The van der Waals surface area contributed by atoms with Crippen LogP contribution in [0.3, 0.4) is 0 Å². The second-order valence-corrected chi connectivity index (χ2v) is 3.50. The molecule has 0 aliphatic heterocycles. The monoisotopic (exact) mass is 128 g/mol. The molecule has 2 atom stereocenters. The van der Waals surface area contributed by atoms with Gasteiger partial charge in [-0.05, 0) is 25.7 Å². The molecule has 54 valence electrons. The Balaban J connectivity index is 2.49. The van der Waals surface area contributed by atoms with Gasteiger partial charge in [-0.1, -0.05) is 19.8 Å². The maximum absolute atomic E-state index is 9.64. The highest BCUT2D eigenvalue weighted by atomic mass is 16.3. The van der Waals surface area contributed by atoms with E-state index in [2.05, 4.69) is 6.92 Å². The van der Waals surface area contributed by atoms with E-state index in [0.717, 1.165) is 6.42 Å². The quantitative estimate of drug-likeness (QED) is 0.528. The van der Waals surface area contributed by atoms with Crippen LogP contribution >= 0.6 is 0 Å². The second kappa shape index (κ2) is 2.30. The fourth-order valence-electron chi connectivity index (χ4n) is 1.49. The third-order valence-corrected chi connectivity index (χ3v) is 2.63. The Morgan fingerprint density at radius 1 is 1.44 bits per heavy atom. The summed E-state index contributed by atoms with van der Waals surface area (Å²) in [6.07, 6.45) is 4.70. The number of hydrogen-bond acceptors (Lipinski definition) is 1. The summed E-state index contributed by atoms with van der Waals surface area (Å²) in [5, 5.41) is 9.64. The van der Waals surface area contributed by atoms with Crippen LogP contribution in [0.15, 0.2) is 0 Å². The summed E-state index contributed by atoms with van der Waals surface area (Å²) in [4.78, 5) is 0. The maximum atomic E-state index is 9.64. The fraction of sp³-hybridized carbons (Fsp3) is 1.00. The Bertz CT molecular complexity index is 96.7. The van der Waals surface area contributed by atoms with Crippen LogP contribution in [0.1, 0.15) is 39.5 Å². The molecule has 0 spiro atoms. The normalized spacial score (nSPS) is 45.0. The molecule has 0 aromatic heterocycles. The van der Waals surface area contributed by atoms with Crippen molar-refractivity contribution in [3.63, 3.8) is 0 Å². The molecule has 1 nitrogen and oxygen atoms in total. The molecule has 1 aliphatic carbocycles. The van der Waals surface area contributed by atoms with E-state index in [-0.39, 0.29) is 5.60 Å². The first-order valence-electron chi connectivity index (χ1n) is 3.85. The number of rotatable bonds is 0. The van der Waals surface area contributed by atoms with Crippen LogP contribution in [-0.4, -0.2) is 10.7 Å². The summed E-state index contributed by atoms with van der Waals surface area (Å²) in [5.74, 6) is 0.506. The van der Waals surface area contributed by atoms with E-state index in [0.29, 0.717) is 5.92 Å². The van der Waals surface area contributed by atoms with Crippen LogP contribution in [0.4, 0.5) is 0 Å². The highest BCUT2D eigenvalue weighted by Crippen LogP contribution is 2.32. The van der Waals surface area contributed by atoms with Crippen molar-refractivity contribution in [2.45, 2.75) is 45.1 Å². The molecule has 0 unspecified atom stereocenters. The van der Waals surface area contributed by atoms with Gasteiger partial charge < -0.3 is 5.11 Å². The summed E-state index contributed by atoms with van der Waals surface area (Å²) in [6, 6.07) is 0. The first kappa shape index (κ1) is 7.07. The lowest BCUT2D eigenvalue weighted by Gasteiger charge is -2.34. The molecule has 0 amide bonds. The van der Waals surface area contributed by atoms with E-state index in [9.17, 15) is 5.11 Å². The molecule has 0 aromatic carbocycles. The molecule has 0 aromatic rings. The largest absolute Gasteiger partial charge is 0.390 e. The summed E-state index contributed by atoms with van der Waals surface area (Å²) in [5.41, 5.74) is -0.363. The zero-order valence-electron chi connectivity index (χ0n) is 6.35. The minimum absolute atomic E-state index is 0.363. The van der Waals surface area contributed by atoms with Crippen molar-refractivity contribution in [3.8, 4) is 0 Å². The zero-order chi connectivity index (χ0) is 6.91. The van der Waals surface area contributed by atoms with E-state index in [1.807, 2.05) is 6.92 Å². The average Bonchev–Trinajstić information content (AvgIpc) is 1.77. The predicted molar refractivity (Wildman–Crippen MR) is 38.3 cm³/mol. The van der Waals surface area contributed by atoms with Crippen molar-refractivity contribution in [2.24, 2.45) is 5.92 Å². The molecule has 1 N–H and O–H groups in total. The Morgan fingerprint density at radius 3 is 2.44 bits per heavy atom. The van der Waals surface area contributed by atoms with Gasteiger partial charge in [-0.3, -0.25) is 0 Å². The van der Waals surface area contributed by atoms with E-state index in [4.69, 9.17) is 0 Å². The summed E-state index contributed by atoms with van der Waals surface area (Å²) in [7, 11) is 0. The lowest BCUT2D eigenvalue weighted by atomic mass is 9.78. The lowest BCUT2D eigenvalue weighted by molar-refractivity contribution is -0.0239. The van der Waals surface area contributed by atoms with Crippen LogP contribution in [0.2, 0.25) is 0 Å². The molecule has 0 heterocycles. The second-order valence-electron chi connectivity index (χ2n) is 3.50. The Morgan fingerprint density at radius 2 is 2.11 bits per heavy atom. The van der Waals surface area contributed by atoms with Crippen molar-refractivity contribution < 1.29 is 5.11 Å². The molecule has 9 heavy (non-hydrogen) atoms. The topological polar surface area (TPSA) is 20.2 Å². The molecule has 0 bridgehead atoms. The van der Waals surface area contributed by atoms with Crippen LogP contribution in [-0.2, 0) is 0 Å². The van der Waals surface area contributed by atoms with Crippen LogP contribution in [0.5, 0.6) is 0 Å². The molecule has 1 saturated carbocycles. The first-order chi connectivity index (χ1) is 4.13. The summed E-state index contributed by atoms with van der Waals surface area (Å²) in [6.45, 7) is 4.09. The third-order valence-electron chi connectivity index (χ3n) is 2.63. The van der Waals surface area contributed by atoms with Crippen molar-refractivity contribution in [1.82, 2.24) is 0 Å². The van der Waals surface area contributed by atoms with Gasteiger partial charge in [0.15, 0.2) is 0 Å². The Kier molecular flexibility index (Phi) is 1.80. The van der Waals surface area contributed by atoms with E-state index < -0.39 is 0 Å². The SMILES string of the molecule is C[C@@H]1CCCC[C@]1(C)O. The minimum Gasteiger partial charge on any atom is -0.390 e. The molecular weight excluding hydrogens is 112 g/mol. The molecule has 1 aliphatic rings. The Labute approximate surface area is 57.1 Å². The lowest BCUT2D eigenvalue weighted by Crippen LogP contribution is -2.35. The summed E-state index contributed by atoms with van der Waals surface area (Å²) >= 11 is 0. The highest BCUT2D eigenvalue weighted by molar-refractivity contribution is 4.82. The molecule has 0 radical (unpaired) electrons. The van der Waals surface area contributed by atoms with E-state index >= 15 is 0 Å². The molecular formula is C8H16O. The van der Waals surface area contributed by atoms with Gasteiger partial charge in [-0.25, -0.2) is 0 Å². The van der Waals surface area contributed by atoms with E-state index in [1.165, 1.54) is 19.3 Å². The maximum Gasteiger partial charge on any atom is 0.0645 e. The molecule has 0 saturated heterocycles. The van der Waals surface area contributed by atoms with Crippen molar-refractivity contribution in [3.05, 3.63) is 0 Å². The van der Waals surface area contributed by atoms with Crippen molar-refractivity contribution in [2.75, 3.05) is 0 Å². The van der Waals surface area contributed by atoms with Crippen LogP contribution < -0.4 is 0 Å². The molecule has 1 fully saturated rings. The van der Waals surface area contributed by atoms with Gasteiger partial charge >= 0.3 is 0 Å². The number of hydrogen-bond donors (Lipinski definition) is 1. The third kappa shape index (κ3) is 1.45. The highest BCUT2D eigenvalue weighted by Gasteiger charge is 2.30. The van der Waals surface area contributed by atoms with Gasteiger partial charge in [0.05, 0.1) is 5.60 Å². The molecule has 1 heteroatoms. The van der Waals surface area contributed by atoms with Crippen molar-refractivity contribution >= 4 is 0 Å². The predicted octanol–water partition coefficient (Wildman–Crippen LogP) is 1.95. The zero-order valence-corrected chi connectivity index (χ0v) is 6.35. The van der Waals surface area contributed by atoms with Crippen LogP contribution in [0, 0.1) is 5.92 Å². The van der Waals surface area contributed by atoms with Crippen molar-refractivity contribution in [1.29, 1.82) is 0 Å². The van der Waals surface area contributed by atoms with E-state index in [1.54, 1.807) is 0 Å². The van der Waals surface area contributed by atoms with Gasteiger partial charge in [-0.2, -0.15) is 0 Å². The Hall–Kier alpha value is -0.0400. The number of aliphatic hydroxyl groups is 1. The average molecular weight is 128 g/mol. The van der Waals surface area contributed by atoms with Gasteiger partial charge in [0.25, 0.3) is 0 Å². The fourth-order valence-corrected chi connectivity index (χ4v) is 1.49. The van der Waals surface area contributed by atoms with Gasteiger partial charge in [0.2, 0.25) is 0 Å². The smallest absolute Gasteiger partial charge is 0.0645 e. The van der Waals surface area contributed by atoms with Gasteiger partial charge in [0, 0.05) is 0 Å².